The van der Waals surface area contributed by atoms with Crippen LogP contribution < -0.4 is 9.64 Å². The van der Waals surface area contributed by atoms with Crippen LogP contribution in [0.15, 0.2) is 30.9 Å². The molecule has 1 aliphatic heterocycles. The van der Waals surface area contributed by atoms with Gasteiger partial charge in [0.15, 0.2) is 0 Å². The molecule has 5 nitrogen and oxygen atoms in total. The zero-order valence-electron chi connectivity index (χ0n) is 11.8. The minimum Gasteiger partial charge on any atom is -0.487 e. The fraction of sp³-hybridized carbons (Fsp3) is 0.357. The van der Waals surface area contributed by atoms with Crippen molar-refractivity contribution in [2.45, 2.75) is 18.7 Å². The Balaban J connectivity index is 1.69. The number of pyridine rings is 1. The molecule has 1 unspecified atom stereocenters. The number of aromatic nitrogens is 3. The molecule has 122 valence electrons. The maximum Gasteiger partial charge on any atom is 0.433 e. The summed E-state index contributed by atoms with van der Waals surface area (Å²) in [6, 6.07) is 2.60. The standard InChI is InChI=1S/C14H12ClF3N4O/c15-10-6-19-3-1-11(10)23-9-2-4-22(7-9)13-5-12(14(16,17)18)20-8-21-13/h1,3,5-6,8-9H,2,4,7H2. The second-order valence-electron chi connectivity index (χ2n) is 5.04. The van der Waals surface area contributed by atoms with Crippen LogP contribution in [0.1, 0.15) is 12.1 Å². The van der Waals surface area contributed by atoms with E-state index in [1.165, 1.54) is 6.20 Å². The van der Waals surface area contributed by atoms with Crippen molar-refractivity contribution in [2.75, 3.05) is 18.0 Å². The molecule has 0 aromatic carbocycles. The molecule has 0 saturated carbocycles. The molecule has 2 aromatic rings. The molecule has 1 aliphatic rings. The SMILES string of the molecule is FC(F)(F)c1cc(N2CCC(Oc3ccncc3Cl)C2)ncn1. The summed E-state index contributed by atoms with van der Waals surface area (Å²) in [5.41, 5.74) is -0.955. The van der Waals surface area contributed by atoms with Crippen molar-refractivity contribution in [1.29, 1.82) is 0 Å². The van der Waals surface area contributed by atoms with Gasteiger partial charge in [-0.05, 0) is 0 Å². The molecule has 0 amide bonds. The van der Waals surface area contributed by atoms with E-state index in [-0.39, 0.29) is 11.9 Å². The van der Waals surface area contributed by atoms with Gasteiger partial charge in [0.1, 0.15) is 34.7 Å². The quantitative estimate of drug-likeness (QED) is 0.856. The third-order valence-corrected chi connectivity index (χ3v) is 3.72. The van der Waals surface area contributed by atoms with Gasteiger partial charge in [-0.2, -0.15) is 13.2 Å². The highest BCUT2D eigenvalue weighted by Gasteiger charge is 2.34. The van der Waals surface area contributed by atoms with Crippen LogP contribution in [0.25, 0.3) is 0 Å². The van der Waals surface area contributed by atoms with Crippen molar-refractivity contribution >= 4 is 17.4 Å². The number of hydrogen-bond donors (Lipinski definition) is 0. The molecule has 0 N–H and O–H groups in total. The molecule has 0 spiro atoms. The monoisotopic (exact) mass is 344 g/mol. The molecule has 23 heavy (non-hydrogen) atoms. The molecular weight excluding hydrogens is 333 g/mol. The van der Waals surface area contributed by atoms with Crippen LogP contribution in [0.5, 0.6) is 5.75 Å². The minimum absolute atomic E-state index is 0.181. The Hall–Kier alpha value is -2.09. The van der Waals surface area contributed by atoms with Crippen LogP contribution in [0.2, 0.25) is 5.02 Å². The minimum atomic E-state index is -4.49. The second kappa shape index (κ2) is 6.19. The fourth-order valence-electron chi connectivity index (χ4n) is 2.35. The topological polar surface area (TPSA) is 51.1 Å². The third-order valence-electron chi connectivity index (χ3n) is 3.44. The van der Waals surface area contributed by atoms with Crippen LogP contribution in [0.4, 0.5) is 19.0 Å². The van der Waals surface area contributed by atoms with Crippen molar-refractivity contribution in [2.24, 2.45) is 0 Å². The number of hydrogen-bond acceptors (Lipinski definition) is 5. The smallest absolute Gasteiger partial charge is 0.433 e. The molecule has 0 radical (unpaired) electrons. The zero-order valence-corrected chi connectivity index (χ0v) is 12.6. The van der Waals surface area contributed by atoms with Crippen LogP contribution in [-0.2, 0) is 6.18 Å². The van der Waals surface area contributed by atoms with Gasteiger partial charge < -0.3 is 9.64 Å². The molecule has 3 rings (SSSR count). The lowest BCUT2D eigenvalue weighted by Gasteiger charge is -2.19. The van der Waals surface area contributed by atoms with Crippen LogP contribution in [0, 0.1) is 0 Å². The van der Waals surface area contributed by atoms with E-state index >= 15 is 0 Å². The molecule has 1 saturated heterocycles. The van der Waals surface area contributed by atoms with Gasteiger partial charge in [0, 0.05) is 37.5 Å². The van der Waals surface area contributed by atoms with Gasteiger partial charge in [-0.1, -0.05) is 11.6 Å². The first-order valence-electron chi connectivity index (χ1n) is 6.84. The Kier molecular flexibility index (Phi) is 4.25. The molecule has 3 heterocycles. The first-order chi connectivity index (χ1) is 10.9. The van der Waals surface area contributed by atoms with E-state index in [1.54, 1.807) is 17.2 Å². The highest BCUT2D eigenvalue weighted by Crippen LogP contribution is 2.31. The zero-order chi connectivity index (χ0) is 16.4. The van der Waals surface area contributed by atoms with Gasteiger partial charge >= 0.3 is 6.18 Å². The summed E-state index contributed by atoms with van der Waals surface area (Å²) in [4.78, 5) is 12.8. The van der Waals surface area contributed by atoms with Crippen molar-refractivity contribution < 1.29 is 17.9 Å². The van der Waals surface area contributed by atoms with Gasteiger partial charge in [0.25, 0.3) is 0 Å². The number of ether oxygens (including phenoxy) is 1. The van der Waals surface area contributed by atoms with Gasteiger partial charge in [-0.25, -0.2) is 9.97 Å². The molecule has 0 bridgehead atoms. The number of nitrogens with zero attached hydrogens (tertiary/aromatic N) is 4. The lowest BCUT2D eigenvalue weighted by Crippen LogP contribution is -2.26. The second-order valence-corrected chi connectivity index (χ2v) is 5.45. The maximum atomic E-state index is 12.7. The summed E-state index contributed by atoms with van der Waals surface area (Å²) in [5, 5.41) is 0.396. The van der Waals surface area contributed by atoms with Gasteiger partial charge in [0.05, 0.1) is 6.54 Å². The van der Waals surface area contributed by atoms with Crippen LogP contribution in [-0.4, -0.2) is 34.1 Å². The highest BCUT2D eigenvalue weighted by atomic mass is 35.5. The van der Waals surface area contributed by atoms with Crippen molar-refractivity contribution in [3.8, 4) is 5.75 Å². The van der Waals surface area contributed by atoms with E-state index in [2.05, 4.69) is 15.0 Å². The summed E-state index contributed by atoms with van der Waals surface area (Å²) in [6.07, 6.45) is -0.0508. The van der Waals surface area contributed by atoms with E-state index in [1.807, 2.05) is 0 Å². The molecule has 0 aliphatic carbocycles. The highest BCUT2D eigenvalue weighted by molar-refractivity contribution is 6.31. The Bertz CT molecular complexity index is 698. The van der Waals surface area contributed by atoms with E-state index in [0.717, 1.165) is 12.4 Å². The van der Waals surface area contributed by atoms with E-state index < -0.39 is 11.9 Å². The average Bonchev–Trinajstić information content (AvgIpc) is 2.98. The Morgan fingerprint density at radius 1 is 1.30 bits per heavy atom. The molecular formula is C14H12ClF3N4O. The molecule has 9 heteroatoms. The number of anilines is 1. The predicted octanol–water partition coefficient (Wildman–Crippen LogP) is 3.20. The summed E-state index contributed by atoms with van der Waals surface area (Å²) in [7, 11) is 0. The first-order valence-corrected chi connectivity index (χ1v) is 7.21. The summed E-state index contributed by atoms with van der Waals surface area (Å²) in [5.74, 6) is 0.742. The van der Waals surface area contributed by atoms with Gasteiger partial charge in [-0.15, -0.1) is 0 Å². The third kappa shape index (κ3) is 3.64. The lowest BCUT2D eigenvalue weighted by molar-refractivity contribution is -0.141. The van der Waals surface area contributed by atoms with Crippen LogP contribution in [0.3, 0.4) is 0 Å². The summed E-state index contributed by atoms with van der Waals surface area (Å²) < 4.78 is 43.9. The Morgan fingerprint density at radius 3 is 2.87 bits per heavy atom. The summed E-state index contributed by atoms with van der Waals surface area (Å²) >= 11 is 5.98. The largest absolute Gasteiger partial charge is 0.487 e. The first kappa shape index (κ1) is 15.8. The van der Waals surface area contributed by atoms with E-state index in [9.17, 15) is 13.2 Å². The van der Waals surface area contributed by atoms with Crippen molar-refractivity contribution in [3.63, 3.8) is 0 Å². The molecule has 1 fully saturated rings. The molecule has 2 aromatic heterocycles. The lowest BCUT2D eigenvalue weighted by atomic mass is 10.3. The van der Waals surface area contributed by atoms with Gasteiger partial charge in [0.2, 0.25) is 0 Å². The maximum absolute atomic E-state index is 12.7. The Morgan fingerprint density at radius 2 is 2.13 bits per heavy atom. The predicted molar refractivity (Wildman–Crippen MR) is 77.5 cm³/mol. The van der Waals surface area contributed by atoms with Gasteiger partial charge in [-0.3, -0.25) is 4.98 Å². The number of halogens is 4. The number of alkyl halides is 3. The van der Waals surface area contributed by atoms with Crippen molar-refractivity contribution in [3.05, 3.63) is 41.6 Å². The summed E-state index contributed by atoms with van der Waals surface area (Å²) in [6.45, 7) is 0.967. The van der Waals surface area contributed by atoms with Crippen molar-refractivity contribution in [1.82, 2.24) is 15.0 Å². The van der Waals surface area contributed by atoms with E-state index in [0.29, 0.717) is 30.3 Å². The average molecular weight is 345 g/mol. The normalized spacial score (nSPS) is 18.3. The Labute approximate surface area is 135 Å². The number of rotatable bonds is 3. The fourth-order valence-corrected chi connectivity index (χ4v) is 2.51. The molecule has 1 atom stereocenters. The van der Waals surface area contributed by atoms with Crippen LogP contribution >= 0.6 is 11.6 Å². The van der Waals surface area contributed by atoms with E-state index in [4.69, 9.17) is 16.3 Å².